The first kappa shape index (κ1) is 19.6. The summed E-state index contributed by atoms with van der Waals surface area (Å²) in [5.41, 5.74) is 4.14. The summed E-state index contributed by atoms with van der Waals surface area (Å²) in [6.07, 6.45) is 0. The van der Waals surface area contributed by atoms with Crippen molar-refractivity contribution in [3.05, 3.63) is 100 Å². The van der Waals surface area contributed by atoms with Crippen molar-refractivity contribution in [3.8, 4) is 0 Å². The van der Waals surface area contributed by atoms with Gasteiger partial charge in [-0.1, -0.05) is 41.4 Å². The number of benzene rings is 3. The molecule has 0 saturated heterocycles. The lowest BCUT2D eigenvalue weighted by Gasteiger charge is -2.08. The lowest BCUT2D eigenvalue weighted by molar-refractivity contribution is 0.0475. The number of ether oxygens (including phenoxy) is 1. The van der Waals surface area contributed by atoms with E-state index in [0.717, 1.165) is 11.3 Å². The van der Waals surface area contributed by atoms with E-state index < -0.39 is 5.97 Å². The van der Waals surface area contributed by atoms with Crippen LogP contribution in [0.4, 0.5) is 5.69 Å². The minimum absolute atomic E-state index is 0.274. The topological polar surface area (TPSA) is 55.4 Å². The van der Waals surface area contributed by atoms with Crippen LogP contribution in [0.25, 0.3) is 0 Å². The third kappa shape index (κ3) is 5.44. The Bertz CT molecular complexity index is 949. The molecule has 4 nitrogen and oxygen atoms in total. The van der Waals surface area contributed by atoms with Crippen LogP contribution in [0, 0.1) is 6.92 Å². The van der Waals surface area contributed by atoms with Gasteiger partial charge in [0.05, 0.1) is 5.56 Å². The van der Waals surface area contributed by atoms with Crippen LogP contribution in [0.5, 0.6) is 0 Å². The molecule has 0 fully saturated rings. The number of rotatable bonds is 7. The highest BCUT2D eigenvalue weighted by Gasteiger charge is 2.12. The predicted octanol–water partition coefficient (Wildman–Crippen LogP) is 5.30. The van der Waals surface area contributed by atoms with Crippen molar-refractivity contribution in [3.63, 3.8) is 0 Å². The van der Waals surface area contributed by atoms with Gasteiger partial charge in [0.1, 0.15) is 0 Å². The molecule has 3 aromatic rings. The summed E-state index contributed by atoms with van der Waals surface area (Å²) in [6, 6.07) is 21.7. The number of nitrogens with one attached hydrogen (secondary N) is 1. The van der Waals surface area contributed by atoms with Crippen molar-refractivity contribution in [2.24, 2.45) is 0 Å². The molecule has 28 heavy (non-hydrogen) atoms. The summed E-state index contributed by atoms with van der Waals surface area (Å²) in [5, 5.41) is 3.88. The maximum atomic E-state index is 12.1. The third-order valence-corrected chi connectivity index (χ3v) is 4.49. The number of carbonyl (C=O) groups is 2. The average molecular weight is 394 g/mol. The normalized spacial score (nSPS) is 10.4. The maximum absolute atomic E-state index is 12.1. The second-order valence-electron chi connectivity index (χ2n) is 6.42. The third-order valence-electron chi connectivity index (χ3n) is 4.24. The van der Waals surface area contributed by atoms with Gasteiger partial charge in [0, 0.05) is 22.8 Å². The molecule has 0 spiro atoms. The number of hydrogen-bond donors (Lipinski definition) is 1. The molecule has 0 unspecified atom stereocenters. The molecule has 0 saturated carbocycles. The minimum Gasteiger partial charge on any atom is -0.454 e. The van der Waals surface area contributed by atoms with Gasteiger partial charge in [-0.2, -0.15) is 0 Å². The zero-order chi connectivity index (χ0) is 19.9. The highest BCUT2D eigenvalue weighted by atomic mass is 35.5. The maximum Gasteiger partial charge on any atom is 0.338 e. The van der Waals surface area contributed by atoms with Crippen LogP contribution in [-0.4, -0.2) is 18.4 Å². The highest BCUT2D eigenvalue weighted by Crippen LogP contribution is 2.13. The van der Waals surface area contributed by atoms with E-state index >= 15 is 0 Å². The van der Waals surface area contributed by atoms with E-state index in [1.54, 1.807) is 36.4 Å². The summed E-state index contributed by atoms with van der Waals surface area (Å²) < 4.78 is 5.12. The van der Waals surface area contributed by atoms with Crippen LogP contribution in [0.1, 0.15) is 31.8 Å². The molecule has 0 aliphatic heterocycles. The molecule has 3 aromatic carbocycles. The minimum atomic E-state index is -0.527. The van der Waals surface area contributed by atoms with Crippen LogP contribution >= 0.6 is 11.6 Å². The SMILES string of the molecule is Cc1ccc(NCc2ccc(C(=O)OCC(=O)c3ccc(Cl)cc3)cc2)cc1. The van der Waals surface area contributed by atoms with Crippen LogP contribution in [0.15, 0.2) is 72.8 Å². The number of hydrogen-bond acceptors (Lipinski definition) is 4. The molecule has 0 aliphatic rings. The van der Waals surface area contributed by atoms with E-state index in [9.17, 15) is 9.59 Å². The number of anilines is 1. The van der Waals surface area contributed by atoms with Gasteiger partial charge in [0.25, 0.3) is 0 Å². The van der Waals surface area contributed by atoms with E-state index in [-0.39, 0.29) is 12.4 Å². The van der Waals surface area contributed by atoms with E-state index in [2.05, 4.69) is 5.32 Å². The van der Waals surface area contributed by atoms with Crippen molar-refractivity contribution in [2.75, 3.05) is 11.9 Å². The van der Waals surface area contributed by atoms with Gasteiger partial charge in [0.15, 0.2) is 12.4 Å². The Morgan fingerprint density at radius 2 is 1.46 bits per heavy atom. The predicted molar refractivity (Wildman–Crippen MR) is 111 cm³/mol. The lowest BCUT2D eigenvalue weighted by Crippen LogP contribution is -2.14. The average Bonchev–Trinajstić information content (AvgIpc) is 2.72. The van der Waals surface area contributed by atoms with Crippen molar-refractivity contribution in [1.82, 2.24) is 0 Å². The number of halogens is 1. The monoisotopic (exact) mass is 393 g/mol. The van der Waals surface area contributed by atoms with Gasteiger partial charge in [-0.15, -0.1) is 0 Å². The first-order valence-electron chi connectivity index (χ1n) is 8.86. The largest absolute Gasteiger partial charge is 0.454 e. The molecule has 3 rings (SSSR count). The molecule has 0 aliphatic carbocycles. The first-order chi connectivity index (χ1) is 13.5. The van der Waals surface area contributed by atoms with Crippen molar-refractivity contribution >= 4 is 29.0 Å². The standard InChI is InChI=1S/C23H20ClNO3/c1-16-2-12-21(13-3-16)25-14-17-4-6-19(7-5-17)23(27)28-15-22(26)18-8-10-20(24)11-9-18/h2-13,25H,14-15H2,1H3. The number of aryl methyl sites for hydroxylation is 1. The summed E-state index contributed by atoms with van der Waals surface area (Å²) in [5.74, 6) is -0.802. The highest BCUT2D eigenvalue weighted by molar-refractivity contribution is 6.30. The number of carbonyl (C=O) groups excluding carboxylic acids is 2. The summed E-state index contributed by atoms with van der Waals surface area (Å²) >= 11 is 5.80. The van der Waals surface area contributed by atoms with E-state index in [4.69, 9.17) is 16.3 Å². The molecule has 0 radical (unpaired) electrons. The number of Topliss-reactive ketones (excluding diaryl/α,β-unsaturated/α-hetero) is 1. The molecule has 5 heteroatoms. The quantitative estimate of drug-likeness (QED) is 0.437. The second kappa shape index (κ2) is 9.20. The van der Waals surface area contributed by atoms with Crippen LogP contribution in [-0.2, 0) is 11.3 Å². The zero-order valence-electron chi connectivity index (χ0n) is 15.4. The van der Waals surface area contributed by atoms with Crippen molar-refractivity contribution < 1.29 is 14.3 Å². The van der Waals surface area contributed by atoms with Gasteiger partial charge in [-0.25, -0.2) is 4.79 Å². The Morgan fingerprint density at radius 1 is 0.857 bits per heavy atom. The summed E-state index contributed by atoms with van der Waals surface area (Å²) in [7, 11) is 0. The van der Waals surface area contributed by atoms with Gasteiger partial charge < -0.3 is 10.1 Å². The van der Waals surface area contributed by atoms with Gasteiger partial charge >= 0.3 is 5.97 Å². The fourth-order valence-corrected chi connectivity index (χ4v) is 2.69. The van der Waals surface area contributed by atoms with Crippen molar-refractivity contribution in [1.29, 1.82) is 0 Å². The second-order valence-corrected chi connectivity index (χ2v) is 6.86. The number of ketones is 1. The Kier molecular flexibility index (Phi) is 6.45. The van der Waals surface area contributed by atoms with Gasteiger partial charge in [-0.3, -0.25) is 4.79 Å². The Morgan fingerprint density at radius 3 is 2.11 bits per heavy atom. The smallest absolute Gasteiger partial charge is 0.338 e. The van der Waals surface area contributed by atoms with E-state index in [1.165, 1.54) is 5.56 Å². The zero-order valence-corrected chi connectivity index (χ0v) is 16.2. The Hall–Kier alpha value is -3.11. The van der Waals surface area contributed by atoms with Crippen LogP contribution in [0.2, 0.25) is 5.02 Å². The van der Waals surface area contributed by atoms with Crippen molar-refractivity contribution in [2.45, 2.75) is 13.5 Å². The summed E-state index contributed by atoms with van der Waals surface area (Å²) in [4.78, 5) is 24.2. The molecule has 0 bridgehead atoms. The van der Waals surface area contributed by atoms with E-state index in [1.807, 2.05) is 43.3 Å². The number of esters is 1. The fourth-order valence-electron chi connectivity index (χ4n) is 2.57. The molecule has 0 aromatic heterocycles. The Labute approximate surface area is 169 Å². The van der Waals surface area contributed by atoms with E-state index in [0.29, 0.717) is 22.7 Å². The van der Waals surface area contributed by atoms with Gasteiger partial charge in [-0.05, 0) is 61.0 Å². The fraction of sp³-hybridized carbons (Fsp3) is 0.130. The molecule has 142 valence electrons. The molecule has 0 atom stereocenters. The first-order valence-corrected chi connectivity index (χ1v) is 9.24. The molecule has 0 heterocycles. The lowest BCUT2D eigenvalue weighted by atomic mass is 10.1. The summed E-state index contributed by atoms with van der Waals surface area (Å²) in [6.45, 7) is 2.38. The van der Waals surface area contributed by atoms with Crippen LogP contribution in [0.3, 0.4) is 0 Å². The van der Waals surface area contributed by atoms with Crippen LogP contribution < -0.4 is 5.32 Å². The molecule has 1 N–H and O–H groups in total. The molecule has 0 amide bonds. The molecular weight excluding hydrogens is 374 g/mol. The Balaban J connectivity index is 1.51. The molecular formula is C23H20ClNO3. The van der Waals surface area contributed by atoms with Gasteiger partial charge in [0.2, 0.25) is 0 Å².